The average Bonchev–Trinajstić information content (AvgIpc) is 3.29. The second-order valence-corrected chi connectivity index (χ2v) is 15.4. The van der Waals surface area contributed by atoms with Gasteiger partial charge in [0.2, 0.25) is 5.56 Å². The van der Waals surface area contributed by atoms with Crippen molar-refractivity contribution in [2.24, 2.45) is 5.92 Å². The first kappa shape index (κ1) is 42.6. The minimum Gasteiger partial charge on any atom is -0.506 e. The summed E-state index contributed by atoms with van der Waals surface area (Å²) in [5.74, 6) is 0.459. The van der Waals surface area contributed by atoms with Crippen LogP contribution in [0.5, 0.6) is 11.5 Å². The number of fused-ring (bicyclic) bond motifs is 4. The monoisotopic (exact) mass is 828 g/mol. The predicted molar refractivity (Wildman–Crippen MR) is 232 cm³/mol. The molecule has 0 spiro atoms. The summed E-state index contributed by atoms with van der Waals surface area (Å²) >= 11 is 0. The van der Waals surface area contributed by atoms with Crippen LogP contribution in [0.4, 0.5) is 4.79 Å². The van der Waals surface area contributed by atoms with Crippen molar-refractivity contribution >= 4 is 29.2 Å². The van der Waals surface area contributed by atoms with Crippen LogP contribution in [-0.2, 0) is 16.1 Å². The van der Waals surface area contributed by atoms with E-state index < -0.39 is 24.2 Å². The molecule has 3 aliphatic rings. The lowest BCUT2D eigenvalue weighted by molar-refractivity contribution is -0.0336. The van der Waals surface area contributed by atoms with Gasteiger partial charge in [-0.3, -0.25) is 9.69 Å². The highest BCUT2D eigenvalue weighted by Crippen LogP contribution is 2.31. The van der Waals surface area contributed by atoms with Crippen LogP contribution in [0.25, 0.3) is 10.9 Å². The Hall–Kier alpha value is -6.48. The minimum atomic E-state index is -0.851. The molecule has 3 saturated heterocycles. The number of aromatic hydroxyl groups is 1. The Morgan fingerprint density at radius 1 is 0.934 bits per heavy atom. The number of H-pyrrole nitrogens is 1. The number of nitrogens with zero attached hydrogens (tertiary/aromatic N) is 1. The molecule has 3 atom stereocenters. The molecule has 1 amide bonds. The molecule has 4 heterocycles. The van der Waals surface area contributed by atoms with E-state index in [1.807, 2.05) is 54.6 Å². The normalized spacial score (nSPS) is 18.2. The molecule has 61 heavy (non-hydrogen) atoms. The van der Waals surface area contributed by atoms with Crippen molar-refractivity contribution in [3.8, 4) is 11.5 Å². The Morgan fingerprint density at radius 2 is 1.72 bits per heavy atom. The number of aromatic nitrogens is 1. The smallest absolute Gasteiger partial charge is 0.408 e. The zero-order valence-corrected chi connectivity index (χ0v) is 33.8. The van der Waals surface area contributed by atoms with Crippen molar-refractivity contribution in [3.63, 3.8) is 0 Å². The van der Waals surface area contributed by atoms with Gasteiger partial charge >= 0.3 is 12.1 Å². The number of piperidine rings is 3. The van der Waals surface area contributed by atoms with E-state index in [2.05, 4.69) is 25.8 Å². The van der Waals surface area contributed by atoms with Gasteiger partial charge in [0.15, 0.2) is 0 Å². The van der Waals surface area contributed by atoms with E-state index >= 15 is 0 Å². The van der Waals surface area contributed by atoms with Crippen LogP contribution >= 0.6 is 0 Å². The van der Waals surface area contributed by atoms with Crippen LogP contribution in [0.1, 0.15) is 64.0 Å². The summed E-state index contributed by atoms with van der Waals surface area (Å²) in [4.78, 5) is 42.7. The van der Waals surface area contributed by atoms with E-state index in [1.54, 1.807) is 42.6 Å². The van der Waals surface area contributed by atoms with Gasteiger partial charge in [0.25, 0.3) is 0 Å². The standard InChI is InChI=1S/C47H52N6O8/c48-25-32(26-49-20-5-21-50-27-41(55)38-14-16-40(54)45-39(38)15-17-43(56)51-45)30-60-46(57)35-12-10-31(11-13-35)29-59-37-9-4-8-36(24-37)44(34-6-2-1-3-7-34)52-47(58)61-42-28-53-22-18-33(42)19-23-53/h1-4,6-17,24-26,33,41-42,44,48-50,54-55H,5,18-23,27-30H2,(H,51,56)(H,52,58)/b32-26+,48-25?/t41-,42-,44-/m0/s1. The van der Waals surface area contributed by atoms with Crippen molar-refractivity contribution in [3.05, 3.63) is 153 Å². The second-order valence-electron chi connectivity index (χ2n) is 15.4. The van der Waals surface area contributed by atoms with E-state index in [4.69, 9.17) is 19.6 Å². The molecule has 2 bridgehead atoms. The summed E-state index contributed by atoms with van der Waals surface area (Å²) in [6, 6.07) is 29.9. The fraction of sp³-hybridized carbons (Fsp3) is 0.319. The number of carbonyl (C=O) groups excluding carboxylic acids is 2. The maximum Gasteiger partial charge on any atom is 0.408 e. The molecule has 0 unspecified atom stereocenters. The van der Waals surface area contributed by atoms with E-state index in [-0.39, 0.29) is 42.7 Å². The van der Waals surface area contributed by atoms with Crippen molar-refractivity contribution in [2.75, 3.05) is 45.9 Å². The molecule has 4 aromatic carbocycles. The Labute approximate surface area is 354 Å². The number of rotatable bonds is 19. The van der Waals surface area contributed by atoms with Gasteiger partial charge in [-0.1, -0.05) is 60.7 Å². The lowest BCUT2D eigenvalue weighted by Crippen LogP contribution is -2.52. The number of hydrogen-bond donors (Lipinski definition) is 7. The fourth-order valence-electron chi connectivity index (χ4n) is 7.80. The molecule has 7 N–H and O–H groups in total. The number of carbonyl (C=O) groups is 2. The molecule has 1 aromatic heterocycles. The van der Waals surface area contributed by atoms with Gasteiger partial charge in [0.05, 0.1) is 23.2 Å². The third-order valence-corrected chi connectivity index (χ3v) is 11.2. The number of aromatic amines is 1. The zero-order chi connectivity index (χ0) is 42.6. The van der Waals surface area contributed by atoms with Gasteiger partial charge < -0.3 is 50.8 Å². The second kappa shape index (κ2) is 20.7. The van der Waals surface area contributed by atoms with E-state index in [0.717, 1.165) is 55.4 Å². The summed E-state index contributed by atoms with van der Waals surface area (Å²) in [6.07, 6.45) is 4.21. The number of ether oxygens (including phenoxy) is 3. The van der Waals surface area contributed by atoms with Crippen molar-refractivity contribution in [2.45, 2.75) is 44.1 Å². The van der Waals surface area contributed by atoms with Gasteiger partial charge in [-0.2, -0.15) is 0 Å². The summed E-state index contributed by atoms with van der Waals surface area (Å²) in [7, 11) is 0. The zero-order valence-electron chi connectivity index (χ0n) is 33.8. The third kappa shape index (κ3) is 11.4. The van der Waals surface area contributed by atoms with Crippen molar-refractivity contribution in [1.82, 2.24) is 25.8 Å². The highest BCUT2D eigenvalue weighted by molar-refractivity contribution is 5.90. The molecule has 8 rings (SSSR count). The molecular formula is C47H52N6O8. The number of pyridine rings is 1. The number of amides is 1. The minimum absolute atomic E-state index is 0.0612. The SMILES string of the molecule is N=C/C(=C\NCCCNC[C@H](O)c1ccc(O)c2[nH]c(=O)ccc12)COC(=O)c1ccc(COc2cccc([C@@H](NC(=O)O[C@H]3CN4CCC3CC4)c3ccccc3)c2)cc1. The maximum absolute atomic E-state index is 13.2. The largest absolute Gasteiger partial charge is 0.506 e. The van der Waals surface area contributed by atoms with Gasteiger partial charge in [0, 0.05) is 49.1 Å². The molecule has 0 radical (unpaired) electrons. The third-order valence-electron chi connectivity index (χ3n) is 11.2. The number of aliphatic hydroxyl groups excluding tert-OH is 1. The number of hydrogen-bond acceptors (Lipinski definition) is 12. The van der Waals surface area contributed by atoms with Crippen LogP contribution < -0.4 is 26.2 Å². The number of alkyl carbamates (subject to hydrolysis) is 1. The first-order valence-corrected chi connectivity index (χ1v) is 20.6. The molecule has 5 aromatic rings. The topological polar surface area (TPSA) is 198 Å². The highest BCUT2D eigenvalue weighted by Gasteiger charge is 2.37. The first-order valence-electron chi connectivity index (χ1n) is 20.6. The highest BCUT2D eigenvalue weighted by atomic mass is 16.6. The number of aliphatic hydroxyl groups is 1. The van der Waals surface area contributed by atoms with Crippen LogP contribution in [-0.4, -0.2) is 90.4 Å². The van der Waals surface area contributed by atoms with Crippen molar-refractivity contribution < 1.29 is 34.0 Å². The quantitative estimate of drug-likeness (QED) is 0.0306. The van der Waals surface area contributed by atoms with Crippen LogP contribution in [0.3, 0.4) is 0 Å². The van der Waals surface area contributed by atoms with Crippen LogP contribution in [0.2, 0.25) is 0 Å². The van der Waals surface area contributed by atoms with Gasteiger partial charge in [0.1, 0.15) is 30.8 Å². The van der Waals surface area contributed by atoms with Crippen LogP contribution in [0.15, 0.2) is 120 Å². The first-order chi connectivity index (χ1) is 29.7. The summed E-state index contributed by atoms with van der Waals surface area (Å²) in [5.41, 5.74) is 4.02. The number of phenols is 1. The van der Waals surface area contributed by atoms with Crippen LogP contribution in [0, 0.1) is 11.3 Å². The number of phenolic OH excluding ortho intramolecular Hbond substituents is 1. The maximum atomic E-state index is 13.2. The number of benzene rings is 4. The number of esters is 1. The molecule has 318 valence electrons. The average molecular weight is 829 g/mol. The summed E-state index contributed by atoms with van der Waals surface area (Å²) in [6.45, 7) is 4.54. The Balaban J connectivity index is 0.835. The Bertz CT molecular complexity index is 2360. The molecule has 3 aliphatic heterocycles. The van der Waals surface area contributed by atoms with E-state index in [1.165, 1.54) is 12.1 Å². The lowest BCUT2D eigenvalue weighted by Gasteiger charge is -2.43. The summed E-state index contributed by atoms with van der Waals surface area (Å²) in [5, 5.41) is 38.6. The summed E-state index contributed by atoms with van der Waals surface area (Å²) < 4.78 is 17.6. The van der Waals surface area contributed by atoms with E-state index in [9.17, 15) is 24.6 Å². The van der Waals surface area contributed by atoms with Crippen molar-refractivity contribution in [1.29, 1.82) is 5.41 Å². The molecule has 0 saturated carbocycles. The number of nitrogens with one attached hydrogen (secondary N) is 5. The van der Waals surface area contributed by atoms with Gasteiger partial charge in [-0.05, 0) is 103 Å². The Kier molecular flexibility index (Phi) is 14.4. The van der Waals surface area contributed by atoms with Gasteiger partial charge in [-0.25, -0.2) is 9.59 Å². The molecular weight excluding hydrogens is 777 g/mol. The van der Waals surface area contributed by atoms with Gasteiger partial charge in [-0.15, -0.1) is 0 Å². The molecule has 0 aliphatic carbocycles. The fourth-order valence-corrected chi connectivity index (χ4v) is 7.80. The van der Waals surface area contributed by atoms with E-state index in [0.29, 0.717) is 53.3 Å². The predicted octanol–water partition coefficient (Wildman–Crippen LogP) is 5.72. The Morgan fingerprint density at radius 3 is 2.48 bits per heavy atom. The lowest BCUT2D eigenvalue weighted by atomic mass is 9.86. The molecule has 14 nitrogen and oxygen atoms in total. The molecule has 3 fully saturated rings. The molecule has 14 heteroatoms.